The molecule has 0 nitrogen and oxygen atoms in total. The van der Waals surface area contributed by atoms with Crippen molar-refractivity contribution in [3.63, 3.8) is 0 Å². The molecule has 0 unspecified atom stereocenters. The molecular weight excluding hydrogens is 84.1 g/mol. The van der Waals surface area contributed by atoms with Gasteiger partial charge in [-0.3, -0.25) is 0 Å². The standard InChI is InChI=1S/C7H12/c1-4-6-7(3)5-2/h6H,1-2,4-5H2,3H3/b7-6+. The maximum Gasteiger partial charge on any atom is -0.0323 e. The molecule has 0 N–H and O–H groups in total. The van der Waals surface area contributed by atoms with Crippen molar-refractivity contribution in [3.05, 3.63) is 25.5 Å². The van der Waals surface area contributed by atoms with E-state index in [1.54, 1.807) is 0 Å². The summed E-state index contributed by atoms with van der Waals surface area (Å²) in [5.41, 5.74) is 1.33. The number of hydrogen-bond donors (Lipinski definition) is 0. The first-order valence-electron chi connectivity index (χ1n) is 2.55. The molecule has 0 amide bonds. The summed E-state index contributed by atoms with van der Waals surface area (Å²) < 4.78 is 0. The van der Waals surface area contributed by atoms with Crippen molar-refractivity contribution in [2.75, 3.05) is 0 Å². The molecule has 7 heavy (non-hydrogen) atoms. The Hall–Kier alpha value is -0.260. The van der Waals surface area contributed by atoms with Gasteiger partial charge in [-0.1, -0.05) is 11.6 Å². The Morgan fingerprint density at radius 3 is 2.29 bits per heavy atom. The Morgan fingerprint density at radius 2 is 2.14 bits per heavy atom. The van der Waals surface area contributed by atoms with E-state index in [-0.39, 0.29) is 0 Å². The first kappa shape index (κ1) is 6.74. The molecule has 0 heteroatoms. The van der Waals surface area contributed by atoms with Crippen LogP contribution in [-0.2, 0) is 0 Å². The maximum atomic E-state index is 3.71. The van der Waals surface area contributed by atoms with E-state index >= 15 is 0 Å². The summed E-state index contributed by atoms with van der Waals surface area (Å²) >= 11 is 0. The van der Waals surface area contributed by atoms with E-state index in [0.717, 1.165) is 12.8 Å². The highest BCUT2D eigenvalue weighted by Gasteiger charge is 1.76. The molecule has 0 spiro atoms. The smallest absolute Gasteiger partial charge is 0.0323 e. The topological polar surface area (TPSA) is 0 Å². The zero-order valence-corrected chi connectivity index (χ0v) is 4.91. The van der Waals surface area contributed by atoms with Gasteiger partial charge in [-0.2, -0.15) is 0 Å². The van der Waals surface area contributed by atoms with Gasteiger partial charge in [0.2, 0.25) is 0 Å². The van der Waals surface area contributed by atoms with Gasteiger partial charge < -0.3 is 0 Å². The zero-order valence-electron chi connectivity index (χ0n) is 4.91. The predicted octanol–water partition coefficient (Wildman–Crippen LogP) is 2.38. The van der Waals surface area contributed by atoms with Crippen molar-refractivity contribution in [3.8, 4) is 0 Å². The first-order chi connectivity index (χ1) is 3.31. The van der Waals surface area contributed by atoms with Crippen LogP contribution in [0.3, 0.4) is 0 Å². The lowest BCUT2D eigenvalue weighted by molar-refractivity contribution is 1.17. The normalized spacial score (nSPS) is 12.1. The first-order valence-corrected chi connectivity index (χ1v) is 2.55. The van der Waals surface area contributed by atoms with Crippen LogP contribution in [0.4, 0.5) is 0 Å². The van der Waals surface area contributed by atoms with Gasteiger partial charge in [0.05, 0.1) is 0 Å². The third kappa shape index (κ3) is 3.57. The second kappa shape index (κ2) is 3.91. The molecule has 0 fully saturated rings. The highest BCUT2D eigenvalue weighted by atomic mass is 13.8. The Labute approximate surface area is 46.2 Å². The average molecular weight is 96.2 g/mol. The third-order valence-corrected chi connectivity index (χ3v) is 0.887. The van der Waals surface area contributed by atoms with Gasteiger partial charge in [-0.15, -0.1) is 0 Å². The summed E-state index contributed by atoms with van der Waals surface area (Å²) in [5, 5.41) is 0. The van der Waals surface area contributed by atoms with Crippen molar-refractivity contribution in [1.29, 1.82) is 0 Å². The molecule has 0 aromatic rings. The highest BCUT2D eigenvalue weighted by Crippen LogP contribution is 1.97. The fourth-order valence-electron chi connectivity index (χ4n) is 0.348. The van der Waals surface area contributed by atoms with Crippen molar-refractivity contribution < 1.29 is 0 Å². The van der Waals surface area contributed by atoms with Crippen LogP contribution in [0, 0.1) is 13.8 Å². The molecule has 0 aromatic carbocycles. The summed E-state index contributed by atoms with van der Waals surface area (Å²) in [6.45, 7) is 9.45. The van der Waals surface area contributed by atoms with E-state index in [0.29, 0.717) is 0 Å². The Morgan fingerprint density at radius 1 is 1.57 bits per heavy atom. The molecule has 2 radical (unpaired) electrons. The zero-order chi connectivity index (χ0) is 5.70. The van der Waals surface area contributed by atoms with Crippen LogP contribution >= 0.6 is 0 Å². The van der Waals surface area contributed by atoms with Crippen LogP contribution in [0.25, 0.3) is 0 Å². The predicted molar refractivity (Wildman–Crippen MR) is 33.7 cm³/mol. The van der Waals surface area contributed by atoms with Crippen LogP contribution in [0.15, 0.2) is 11.6 Å². The van der Waals surface area contributed by atoms with Gasteiger partial charge in [0.25, 0.3) is 0 Å². The lowest BCUT2D eigenvalue weighted by atomic mass is 10.2. The molecule has 0 aliphatic heterocycles. The quantitative estimate of drug-likeness (QED) is 0.463. The number of rotatable bonds is 2. The largest absolute Gasteiger partial charge is 0.0856 e. The van der Waals surface area contributed by atoms with E-state index < -0.39 is 0 Å². The van der Waals surface area contributed by atoms with Gasteiger partial charge in [0, 0.05) is 0 Å². The second-order valence-electron chi connectivity index (χ2n) is 1.59. The number of hydrogen-bond acceptors (Lipinski definition) is 0. The molecule has 0 heterocycles. The summed E-state index contributed by atoms with van der Waals surface area (Å²) in [7, 11) is 0. The van der Waals surface area contributed by atoms with Gasteiger partial charge in [0.15, 0.2) is 0 Å². The summed E-state index contributed by atoms with van der Waals surface area (Å²) in [6, 6.07) is 0. The minimum absolute atomic E-state index is 0.890. The lowest BCUT2D eigenvalue weighted by Gasteiger charge is -1.88. The van der Waals surface area contributed by atoms with Crippen LogP contribution in [0.1, 0.15) is 19.8 Å². The molecule has 0 aromatic heterocycles. The minimum atomic E-state index is 0.890. The Balaban J connectivity index is 3.29. The van der Waals surface area contributed by atoms with Crippen LogP contribution in [0.2, 0.25) is 0 Å². The van der Waals surface area contributed by atoms with E-state index in [9.17, 15) is 0 Å². The van der Waals surface area contributed by atoms with Crippen molar-refractivity contribution in [1.82, 2.24) is 0 Å². The average Bonchev–Trinajstić information content (AvgIpc) is 1.68. The van der Waals surface area contributed by atoms with Crippen LogP contribution in [0.5, 0.6) is 0 Å². The summed E-state index contributed by atoms with van der Waals surface area (Å²) in [5.74, 6) is 0. The van der Waals surface area contributed by atoms with E-state index in [4.69, 9.17) is 0 Å². The fraction of sp³-hybridized carbons (Fsp3) is 0.429. The highest BCUT2D eigenvalue weighted by molar-refractivity contribution is 4.98. The molecule has 0 bridgehead atoms. The second-order valence-corrected chi connectivity index (χ2v) is 1.59. The van der Waals surface area contributed by atoms with E-state index in [2.05, 4.69) is 26.8 Å². The molecule has 0 aliphatic rings. The van der Waals surface area contributed by atoms with Crippen LogP contribution in [-0.4, -0.2) is 0 Å². The molecule has 0 aliphatic carbocycles. The van der Waals surface area contributed by atoms with Crippen molar-refractivity contribution >= 4 is 0 Å². The minimum Gasteiger partial charge on any atom is -0.0856 e. The molecule has 0 rings (SSSR count). The molecule has 0 saturated heterocycles. The van der Waals surface area contributed by atoms with Gasteiger partial charge in [-0.25, -0.2) is 0 Å². The SMILES string of the molecule is [CH2]C/C=C(\C)C[CH2]. The summed E-state index contributed by atoms with van der Waals surface area (Å²) in [6.07, 6.45) is 3.89. The molecule has 0 atom stereocenters. The molecule has 40 valence electrons. The van der Waals surface area contributed by atoms with Crippen molar-refractivity contribution in [2.45, 2.75) is 19.8 Å². The molecule has 0 saturated carbocycles. The third-order valence-electron chi connectivity index (χ3n) is 0.887. The van der Waals surface area contributed by atoms with Crippen LogP contribution < -0.4 is 0 Å². The van der Waals surface area contributed by atoms with E-state index in [1.165, 1.54) is 5.57 Å². The van der Waals surface area contributed by atoms with Gasteiger partial charge >= 0.3 is 0 Å². The monoisotopic (exact) mass is 96.1 g/mol. The number of allylic oxidation sites excluding steroid dienone is 2. The van der Waals surface area contributed by atoms with Crippen molar-refractivity contribution in [2.24, 2.45) is 0 Å². The van der Waals surface area contributed by atoms with Gasteiger partial charge in [-0.05, 0) is 33.6 Å². The Bertz CT molecular complexity index is 60.4. The lowest BCUT2D eigenvalue weighted by Crippen LogP contribution is -1.68. The Kier molecular flexibility index (Phi) is 3.77. The van der Waals surface area contributed by atoms with E-state index in [1.807, 2.05) is 0 Å². The van der Waals surface area contributed by atoms with Gasteiger partial charge in [0.1, 0.15) is 0 Å². The summed E-state index contributed by atoms with van der Waals surface area (Å²) in [4.78, 5) is 0. The maximum absolute atomic E-state index is 3.71. The molecular formula is C7H12. The fourth-order valence-corrected chi connectivity index (χ4v) is 0.348.